The molecule has 0 aliphatic carbocycles. The zero-order chi connectivity index (χ0) is 21.3. The lowest BCUT2D eigenvalue weighted by Crippen LogP contribution is -2.50. The Balaban J connectivity index is 1.28. The molecule has 166 valence electrons. The number of carbonyl (C=O) groups is 1. The van der Waals surface area contributed by atoms with Gasteiger partial charge in [-0.1, -0.05) is 43.2 Å². The van der Waals surface area contributed by atoms with Crippen molar-refractivity contribution in [3.05, 3.63) is 54.4 Å². The van der Waals surface area contributed by atoms with Crippen LogP contribution >= 0.6 is 0 Å². The minimum absolute atomic E-state index is 0.111. The van der Waals surface area contributed by atoms with Crippen LogP contribution in [0.15, 0.2) is 48.8 Å². The minimum atomic E-state index is 0.111. The Bertz CT molecular complexity index is 786. The van der Waals surface area contributed by atoms with E-state index < -0.39 is 0 Å². The monoisotopic (exact) mass is 422 g/mol. The summed E-state index contributed by atoms with van der Waals surface area (Å²) in [5, 5.41) is 3.23. The number of nitrogens with one attached hydrogen (secondary N) is 1. The number of nitrogens with zero attached hydrogens (tertiary/aromatic N) is 5. The van der Waals surface area contributed by atoms with Crippen molar-refractivity contribution in [1.82, 2.24) is 25.1 Å². The van der Waals surface area contributed by atoms with E-state index in [2.05, 4.69) is 60.3 Å². The van der Waals surface area contributed by atoms with Crippen molar-refractivity contribution in [2.24, 2.45) is 0 Å². The standard InChI is InChI=1S/C24H34N6O/c31-23(20-28-15-17-30(18-16-28)24-25-11-8-12-26-24)27-19-22(21-9-4-3-5-10-21)29-13-6-1-2-7-14-29/h3-5,8-12,22H,1-2,6-7,13-20H2,(H,27,31). The van der Waals surface area contributed by atoms with Crippen LogP contribution in [0.5, 0.6) is 0 Å². The molecule has 2 aromatic rings. The molecule has 1 aromatic heterocycles. The maximum Gasteiger partial charge on any atom is 0.234 e. The summed E-state index contributed by atoms with van der Waals surface area (Å²) in [6.07, 6.45) is 8.65. The zero-order valence-electron chi connectivity index (χ0n) is 18.3. The fraction of sp³-hybridized carbons (Fsp3) is 0.542. The largest absolute Gasteiger partial charge is 0.353 e. The van der Waals surface area contributed by atoms with Crippen LogP contribution in [0.25, 0.3) is 0 Å². The third kappa shape index (κ3) is 6.24. The molecule has 7 nitrogen and oxygen atoms in total. The Labute approximate surface area is 185 Å². The molecule has 1 atom stereocenters. The van der Waals surface area contributed by atoms with Crippen LogP contribution in [0.1, 0.15) is 37.3 Å². The summed E-state index contributed by atoms with van der Waals surface area (Å²) in [6.45, 7) is 6.72. The van der Waals surface area contributed by atoms with Gasteiger partial charge in [0.05, 0.1) is 12.6 Å². The maximum atomic E-state index is 12.7. The summed E-state index contributed by atoms with van der Waals surface area (Å²) in [4.78, 5) is 28.4. The molecular formula is C24H34N6O. The molecule has 4 rings (SSSR count). The van der Waals surface area contributed by atoms with Crippen molar-refractivity contribution in [2.75, 3.05) is 57.3 Å². The van der Waals surface area contributed by atoms with E-state index >= 15 is 0 Å². The average Bonchev–Trinajstić information content (AvgIpc) is 3.11. The van der Waals surface area contributed by atoms with Crippen LogP contribution < -0.4 is 10.2 Å². The molecule has 31 heavy (non-hydrogen) atoms. The summed E-state index contributed by atoms with van der Waals surface area (Å²) < 4.78 is 0. The van der Waals surface area contributed by atoms with Crippen LogP contribution in [0, 0.1) is 0 Å². The van der Waals surface area contributed by atoms with Crippen LogP contribution in [0.3, 0.4) is 0 Å². The number of amides is 1. The molecule has 3 heterocycles. The second kappa shape index (κ2) is 11.2. The predicted molar refractivity (Wildman–Crippen MR) is 123 cm³/mol. The highest BCUT2D eigenvalue weighted by atomic mass is 16.2. The van der Waals surface area contributed by atoms with Crippen LogP contribution in [0.4, 0.5) is 5.95 Å². The highest BCUT2D eigenvalue weighted by Crippen LogP contribution is 2.23. The van der Waals surface area contributed by atoms with Gasteiger partial charge in [0, 0.05) is 45.1 Å². The van der Waals surface area contributed by atoms with E-state index in [9.17, 15) is 4.79 Å². The molecule has 2 saturated heterocycles. The fourth-order valence-electron chi connectivity index (χ4n) is 4.57. The van der Waals surface area contributed by atoms with Crippen molar-refractivity contribution >= 4 is 11.9 Å². The van der Waals surface area contributed by atoms with E-state index in [0.717, 1.165) is 45.2 Å². The molecule has 2 aliphatic rings. The van der Waals surface area contributed by atoms with Gasteiger partial charge >= 0.3 is 0 Å². The molecule has 1 aromatic carbocycles. The number of likely N-dealkylation sites (tertiary alicyclic amines) is 1. The number of aromatic nitrogens is 2. The SMILES string of the molecule is O=C(CN1CCN(c2ncccn2)CC1)NCC(c1ccccc1)N1CCCCCC1. The highest BCUT2D eigenvalue weighted by molar-refractivity contribution is 5.78. The Morgan fingerprint density at radius 2 is 1.55 bits per heavy atom. The van der Waals surface area contributed by atoms with Crippen molar-refractivity contribution in [3.63, 3.8) is 0 Å². The molecular weight excluding hydrogens is 388 g/mol. The first-order chi connectivity index (χ1) is 15.3. The van der Waals surface area contributed by atoms with Crippen LogP contribution in [-0.2, 0) is 4.79 Å². The quantitative estimate of drug-likeness (QED) is 0.739. The van der Waals surface area contributed by atoms with Gasteiger partial charge < -0.3 is 10.2 Å². The van der Waals surface area contributed by atoms with Gasteiger partial charge in [-0.2, -0.15) is 0 Å². The van der Waals surface area contributed by atoms with Crippen molar-refractivity contribution in [3.8, 4) is 0 Å². The second-order valence-electron chi connectivity index (χ2n) is 8.49. The number of rotatable bonds is 7. The zero-order valence-corrected chi connectivity index (χ0v) is 18.3. The first-order valence-electron chi connectivity index (χ1n) is 11.6. The summed E-state index contributed by atoms with van der Waals surface area (Å²) in [5.41, 5.74) is 1.29. The lowest BCUT2D eigenvalue weighted by atomic mass is 10.0. The summed E-state index contributed by atoms with van der Waals surface area (Å²) in [5.74, 6) is 0.884. The third-order valence-electron chi connectivity index (χ3n) is 6.33. The molecule has 0 saturated carbocycles. The van der Waals surface area contributed by atoms with E-state index in [0.29, 0.717) is 13.1 Å². The number of anilines is 1. The number of hydrogen-bond acceptors (Lipinski definition) is 6. The van der Waals surface area contributed by atoms with Gasteiger partial charge in [0.1, 0.15) is 0 Å². The summed E-state index contributed by atoms with van der Waals surface area (Å²) in [6, 6.07) is 12.7. The molecule has 2 aliphatic heterocycles. The van der Waals surface area contributed by atoms with E-state index in [-0.39, 0.29) is 11.9 Å². The van der Waals surface area contributed by atoms with Gasteiger partial charge in [-0.05, 0) is 37.6 Å². The smallest absolute Gasteiger partial charge is 0.234 e. The van der Waals surface area contributed by atoms with E-state index in [1.54, 1.807) is 12.4 Å². The van der Waals surface area contributed by atoms with Gasteiger partial charge in [0.25, 0.3) is 0 Å². The normalized spacial score (nSPS) is 19.5. The number of carbonyl (C=O) groups excluding carboxylic acids is 1. The van der Waals surface area contributed by atoms with Crippen molar-refractivity contribution < 1.29 is 4.79 Å². The van der Waals surface area contributed by atoms with Gasteiger partial charge in [-0.15, -0.1) is 0 Å². The number of piperazine rings is 1. The lowest BCUT2D eigenvalue weighted by molar-refractivity contribution is -0.122. The minimum Gasteiger partial charge on any atom is -0.353 e. The molecule has 1 amide bonds. The van der Waals surface area contributed by atoms with Crippen molar-refractivity contribution in [2.45, 2.75) is 31.7 Å². The average molecular weight is 423 g/mol. The third-order valence-corrected chi connectivity index (χ3v) is 6.33. The molecule has 1 unspecified atom stereocenters. The first-order valence-corrected chi connectivity index (χ1v) is 11.6. The number of hydrogen-bond donors (Lipinski definition) is 1. The molecule has 0 bridgehead atoms. The summed E-state index contributed by atoms with van der Waals surface area (Å²) in [7, 11) is 0. The second-order valence-corrected chi connectivity index (χ2v) is 8.49. The van der Waals surface area contributed by atoms with Crippen molar-refractivity contribution in [1.29, 1.82) is 0 Å². The summed E-state index contributed by atoms with van der Waals surface area (Å²) >= 11 is 0. The van der Waals surface area contributed by atoms with E-state index in [1.807, 2.05) is 6.07 Å². The maximum absolute atomic E-state index is 12.7. The van der Waals surface area contributed by atoms with Gasteiger partial charge in [-0.25, -0.2) is 9.97 Å². The van der Waals surface area contributed by atoms with Gasteiger partial charge in [-0.3, -0.25) is 14.6 Å². The van der Waals surface area contributed by atoms with Gasteiger partial charge in [0.15, 0.2) is 0 Å². The molecule has 1 N–H and O–H groups in total. The van der Waals surface area contributed by atoms with Crippen LogP contribution in [-0.4, -0.2) is 78.0 Å². The first kappa shape index (κ1) is 21.7. The Morgan fingerprint density at radius 3 is 2.23 bits per heavy atom. The fourth-order valence-corrected chi connectivity index (χ4v) is 4.57. The Hall–Kier alpha value is -2.51. The topological polar surface area (TPSA) is 64.6 Å². The molecule has 7 heteroatoms. The highest BCUT2D eigenvalue weighted by Gasteiger charge is 2.24. The van der Waals surface area contributed by atoms with E-state index in [1.165, 1.54) is 31.2 Å². The molecule has 0 spiro atoms. The molecule has 2 fully saturated rings. The lowest BCUT2D eigenvalue weighted by Gasteiger charge is -2.34. The Morgan fingerprint density at radius 1 is 0.871 bits per heavy atom. The Kier molecular flexibility index (Phi) is 7.85. The van der Waals surface area contributed by atoms with Gasteiger partial charge in [0.2, 0.25) is 11.9 Å². The molecule has 0 radical (unpaired) electrons. The number of benzene rings is 1. The van der Waals surface area contributed by atoms with E-state index in [4.69, 9.17) is 0 Å². The van der Waals surface area contributed by atoms with Crippen LogP contribution in [0.2, 0.25) is 0 Å². The predicted octanol–water partition coefficient (Wildman–Crippen LogP) is 2.33.